The van der Waals surface area contributed by atoms with Gasteiger partial charge in [-0.15, -0.1) is 0 Å². The SMILES string of the molecule is CCNC(=O)Nc1nc2cc(-c3cccnc3)cc(OCc3ccccc3)c2[nH]1. The van der Waals surface area contributed by atoms with E-state index in [-0.39, 0.29) is 6.03 Å². The molecule has 2 aromatic carbocycles. The number of benzene rings is 2. The normalized spacial score (nSPS) is 10.7. The molecule has 0 bridgehead atoms. The van der Waals surface area contributed by atoms with Gasteiger partial charge in [0.15, 0.2) is 0 Å². The molecular weight excluding hydrogens is 366 g/mol. The zero-order chi connectivity index (χ0) is 20.1. The van der Waals surface area contributed by atoms with Gasteiger partial charge >= 0.3 is 6.03 Å². The van der Waals surface area contributed by atoms with Crippen LogP contribution in [0.2, 0.25) is 0 Å². The van der Waals surface area contributed by atoms with E-state index in [0.29, 0.717) is 30.4 Å². The molecule has 2 aromatic heterocycles. The number of fused-ring (bicyclic) bond motifs is 1. The number of ether oxygens (including phenoxy) is 1. The summed E-state index contributed by atoms with van der Waals surface area (Å²) in [5.74, 6) is 1.01. The second-order valence-electron chi connectivity index (χ2n) is 6.45. The van der Waals surface area contributed by atoms with Crippen LogP contribution in [0.5, 0.6) is 5.75 Å². The minimum atomic E-state index is -0.314. The van der Waals surface area contributed by atoms with E-state index in [1.54, 1.807) is 12.4 Å². The summed E-state index contributed by atoms with van der Waals surface area (Å²) >= 11 is 0. The van der Waals surface area contributed by atoms with Crippen LogP contribution in [0.4, 0.5) is 10.7 Å². The van der Waals surface area contributed by atoms with Gasteiger partial charge in [-0.2, -0.15) is 0 Å². The van der Waals surface area contributed by atoms with E-state index in [1.807, 2.05) is 61.5 Å². The summed E-state index contributed by atoms with van der Waals surface area (Å²) in [7, 11) is 0. The highest BCUT2D eigenvalue weighted by atomic mass is 16.5. The van der Waals surface area contributed by atoms with Crippen molar-refractivity contribution in [3.05, 3.63) is 72.6 Å². The van der Waals surface area contributed by atoms with Gasteiger partial charge in [-0.3, -0.25) is 10.3 Å². The molecule has 2 amide bonds. The van der Waals surface area contributed by atoms with Crippen LogP contribution in [-0.2, 0) is 6.61 Å². The van der Waals surface area contributed by atoms with Crippen LogP contribution < -0.4 is 15.4 Å². The predicted molar refractivity (Wildman–Crippen MR) is 113 cm³/mol. The number of hydrogen-bond donors (Lipinski definition) is 3. The van der Waals surface area contributed by atoms with Gasteiger partial charge in [0.1, 0.15) is 17.9 Å². The molecule has 0 aliphatic heterocycles. The second kappa shape index (κ2) is 8.43. The fraction of sp³-hybridized carbons (Fsp3) is 0.136. The van der Waals surface area contributed by atoms with Gasteiger partial charge in [0, 0.05) is 24.5 Å². The summed E-state index contributed by atoms with van der Waals surface area (Å²) in [6.07, 6.45) is 3.53. The maximum absolute atomic E-state index is 11.9. The quantitative estimate of drug-likeness (QED) is 0.459. The minimum absolute atomic E-state index is 0.314. The highest BCUT2D eigenvalue weighted by Gasteiger charge is 2.13. The maximum Gasteiger partial charge on any atom is 0.321 e. The molecule has 0 saturated carbocycles. The molecule has 7 nitrogen and oxygen atoms in total. The number of urea groups is 1. The van der Waals surface area contributed by atoms with Gasteiger partial charge < -0.3 is 15.0 Å². The van der Waals surface area contributed by atoms with Gasteiger partial charge in [0.2, 0.25) is 5.95 Å². The number of carbonyl (C=O) groups is 1. The fourth-order valence-corrected chi connectivity index (χ4v) is 3.00. The smallest absolute Gasteiger partial charge is 0.321 e. The molecule has 0 saturated heterocycles. The van der Waals surface area contributed by atoms with E-state index in [9.17, 15) is 4.79 Å². The number of aromatic nitrogens is 3. The van der Waals surface area contributed by atoms with Crippen molar-refractivity contribution in [2.75, 3.05) is 11.9 Å². The lowest BCUT2D eigenvalue weighted by Crippen LogP contribution is -2.28. The maximum atomic E-state index is 11.9. The molecule has 3 N–H and O–H groups in total. The molecule has 4 aromatic rings. The third-order valence-electron chi connectivity index (χ3n) is 4.36. The van der Waals surface area contributed by atoms with E-state index >= 15 is 0 Å². The molecule has 2 heterocycles. The van der Waals surface area contributed by atoms with Crippen molar-refractivity contribution in [2.45, 2.75) is 13.5 Å². The van der Waals surface area contributed by atoms with Crippen molar-refractivity contribution in [3.8, 4) is 16.9 Å². The zero-order valence-corrected chi connectivity index (χ0v) is 16.0. The molecule has 0 atom stereocenters. The Bertz CT molecular complexity index is 1110. The summed E-state index contributed by atoms with van der Waals surface area (Å²) in [6.45, 7) is 2.81. The lowest BCUT2D eigenvalue weighted by atomic mass is 10.1. The highest BCUT2D eigenvalue weighted by molar-refractivity contribution is 5.93. The molecule has 0 aliphatic carbocycles. The predicted octanol–water partition coefficient (Wildman–Crippen LogP) is 4.35. The van der Waals surface area contributed by atoms with Crippen LogP contribution >= 0.6 is 0 Å². The van der Waals surface area contributed by atoms with Gasteiger partial charge in [-0.05, 0) is 36.2 Å². The number of H-pyrrole nitrogens is 1. The molecule has 29 heavy (non-hydrogen) atoms. The van der Waals surface area contributed by atoms with Crippen LogP contribution in [-0.4, -0.2) is 27.5 Å². The summed E-state index contributed by atoms with van der Waals surface area (Å²) < 4.78 is 6.11. The minimum Gasteiger partial charge on any atom is -0.487 e. The first-order valence-corrected chi connectivity index (χ1v) is 9.38. The van der Waals surface area contributed by atoms with E-state index in [0.717, 1.165) is 22.2 Å². The standard InChI is InChI=1S/C22H21N5O2/c1-2-24-22(28)27-21-25-18-11-17(16-9-6-10-23-13-16)12-19(20(18)26-21)29-14-15-7-4-3-5-8-15/h3-13H,2,14H2,1H3,(H3,24,25,26,27,28). The number of nitrogens with one attached hydrogen (secondary N) is 3. The molecule has 146 valence electrons. The lowest BCUT2D eigenvalue weighted by molar-refractivity contribution is 0.252. The third-order valence-corrected chi connectivity index (χ3v) is 4.36. The van der Waals surface area contributed by atoms with Crippen molar-refractivity contribution < 1.29 is 9.53 Å². The van der Waals surface area contributed by atoms with Crippen molar-refractivity contribution in [1.82, 2.24) is 20.3 Å². The van der Waals surface area contributed by atoms with Crippen molar-refractivity contribution in [2.24, 2.45) is 0 Å². The lowest BCUT2D eigenvalue weighted by Gasteiger charge is -2.10. The Morgan fingerprint density at radius 1 is 1.10 bits per heavy atom. The summed E-state index contributed by atoms with van der Waals surface area (Å²) in [6, 6.07) is 17.4. The second-order valence-corrected chi connectivity index (χ2v) is 6.45. The molecular formula is C22H21N5O2. The number of pyridine rings is 1. The van der Waals surface area contributed by atoms with Crippen LogP contribution in [0, 0.1) is 0 Å². The Morgan fingerprint density at radius 2 is 1.97 bits per heavy atom. The van der Waals surface area contributed by atoms with Crippen LogP contribution in [0.15, 0.2) is 67.0 Å². The number of rotatable bonds is 6. The van der Waals surface area contributed by atoms with Gasteiger partial charge in [-0.1, -0.05) is 36.4 Å². The molecule has 7 heteroatoms. The van der Waals surface area contributed by atoms with Gasteiger partial charge in [0.05, 0.1) is 5.52 Å². The van der Waals surface area contributed by atoms with Crippen molar-refractivity contribution in [1.29, 1.82) is 0 Å². The highest BCUT2D eigenvalue weighted by Crippen LogP contribution is 2.32. The molecule has 0 spiro atoms. The average molecular weight is 387 g/mol. The van der Waals surface area contributed by atoms with Crippen molar-refractivity contribution >= 4 is 23.0 Å². The first-order valence-electron chi connectivity index (χ1n) is 9.38. The Balaban J connectivity index is 1.71. The van der Waals surface area contributed by atoms with E-state index < -0.39 is 0 Å². The third kappa shape index (κ3) is 4.35. The fourth-order valence-electron chi connectivity index (χ4n) is 3.00. The Morgan fingerprint density at radius 3 is 2.72 bits per heavy atom. The van der Waals surface area contributed by atoms with Crippen LogP contribution in [0.1, 0.15) is 12.5 Å². The first kappa shape index (κ1) is 18.5. The molecule has 0 aliphatic rings. The Hall–Kier alpha value is -3.87. The summed E-state index contributed by atoms with van der Waals surface area (Å²) in [5.41, 5.74) is 4.37. The van der Waals surface area contributed by atoms with E-state index in [4.69, 9.17) is 4.74 Å². The number of carbonyl (C=O) groups excluding carboxylic acids is 1. The molecule has 0 radical (unpaired) electrons. The largest absolute Gasteiger partial charge is 0.487 e. The summed E-state index contributed by atoms with van der Waals surface area (Å²) in [4.78, 5) is 23.7. The van der Waals surface area contributed by atoms with Crippen LogP contribution in [0.25, 0.3) is 22.2 Å². The van der Waals surface area contributed by atoms with Crippen LogP contribution in [0.3, 0.4) is 0 Å². The zero-order valence-electron chi connectivity index (χ0n) is 16.0. The van der Waals surface area contributed by atoms with E-state index in [2.05, 4.69) is 25.6 Å². The van der Waals surface area contributed by atoms with Crippen molar-refractivity contribution in [3.63, 3.8) is 0 Å². The monoisotopic (exact) mass is 387 g/mol. The number of amides is 2. The number of nitrogens with zero attached hydrogens (tertiary/aromatic N) is 2. The molecule has 0 fully saturated rings. The van der Waals surface area contributed by atoms with Gasteiger partial charge in [-0.25, -0.2) is 9.78 Å². The average Bonchev–Trinajstić information content (AvgIpc) is 3.16. The number of anilines is 1. The number of aromatic amines is 1. The van der Waals surface area contributed by atoms with E-state index in [1.165, 1.54) is 0 Å². The Labute approximate surface area is 168 Å². The Kier molecular flexibility index (Phi) is 5.38. The topological polar surface area (TPSA) is 91.9 Å². The van der Waals surface area contributed by atoms with Gasteiger partial charge in [0.25, 0.3) is 0 Å². The first-order chi connectivity index (χ1) is 14.2. The number of imidazole rings is 1. The summed E-state index contributed by atoms with van der Waals surface area (Å²) in [5, 5.41) is 5.40. The molecule has 0 unspecified atom stereocenters. The molecule has 4 rings (SSSR count). The number of hydrogen-bond acceptors (Lipinski definition) is 4.